The number of phenolic OH excluding ortho intramolecular Hbond substituents is 2. The normalized spacial score (nSPS) is 23.1. The van der Waals surface area contributed by atoms with Crippen molar-refractivity contribution in [2.24, 2.45) is 0 Å². The van der Waals surface area contributed by atoms with Crippen molar-refractivity contribution in [3.63, 3.8) is 0 Å². The number of quaternary nitrogens is 1. The van der Waals surface area contributed by atoms with E-state index in [4.69, 9.17) is 9.47 Å². The second kappa shape index (κ2) is 6.56. The summed E-state index contributed by atoms with van der Waals surface area (Å²) in [6, 6.07) is 8.02. The quantitative estimate of drug-likeness (QED) is 0.719. The Kier molecular flexibility index (Phi) is 4.71. The van der Waals surface area contributed by atoms with Crippen LogP contribution in [-0.4, -0.2) is 42.5 Å². The van der Waals surface area contributed by atoms with Crippen LogP contribution in [0.5, 0.6) is 23.0 Å². The van der Waals surface area contributed by atoms with Crippen LogP contribution < -0.4 is 21.9 Å². The van der Waals surface area contributed by atoms with Gasteiger partial charge >= 0.3 is 0 Å². The van der Waals surface area contributed by atoms with Crippen molar-refractivity contribution in [3.05, 3.63) is 46.5 Å². The number of likely N-dealkylation sites (N-methyl/N-ethyl adjacent to an activating group) is 1. The third-order valence-electron chi connectivity index (χ3n) is 5.94. The van der Waals surface area contributed by atoms with Crippen LogP contribution in [0.15, 0.2) is 24.3 Å². The average molecular weight is 378 g/mol. The first-order valence-electron chi connectivity index (χ1n) is 8.58. The van der Waals surface area contributed by atoms with Gasteiger partial charge in [-0.3, -0.25) is 0 Å². The highest BCUT2D eigenvalue weighted by molar-refractivity contribution is 5.52. The number of benzene rings is 2. The zero-order chi connectivity index (χ0) is 17.8. The summed E-state index contributed by atoms with van der Waals surface area (Å²) in [5.74, 6) is 1.53. The molecule has 0 radical (unpaired) electrons. The number of phenols is 2. The molecule has 2 heterocycles. The lowest BCUT2D eigenvalue weighted by Crippen LogP contribution is -3.00. The molecule has 0 aromatic heterocycles. The number of hydrogen-bond donors (Lipinski definition) is 2. The Hall–Kier alpha value is -2.11. The summed E-state index contributed by atoms with van der Waals surface area (Å²) < 4.78 is 11.4. The summed E-state index contributed by atoms with van der Waals surface area (Å²) in [6.07, 6.45) is 1.75. The molecule has 2 aliphatic rings. The molecular weight excluding hydrogens is 354 g/mol. The fourth-order valence-electron chi connectivity index (χ4n) is 4.46. The highest BCUT2D eigenvalue weighted by Crippen LogP contribution is 2.48. The van der Waals surface area contributed by atoms with Gasteiger partial charge in [-0.1, -0.05) is 6.07 Å². The summed E-state index contributed by atoms with van der Waals surface area (Å²) in [5.41, 5.74) is 4.59. The van der Waals surface area contributed by atoms with E-state index in [2.05, 4.69) is 13.1 Å². The van der Waals surface area contributed by atoms with Crippen molar-refractivity contribution in [1.82, 2.24) is 0 Å². The van der Waals surface area contributed by atoms with E-state index in [1.165, 1.54) is 16.7 Å². The minimum atomic E-state index is 0. The molecule has 6 heteroatoms. The van der Waals surface area contributed by atoms with Crippen molar-refractivity contribution in [2.75, 3.05) is 27.8 Å². The standard InChI is InChI=1S/C20H23NO4.ClH/c1-21-7-6-13-9-17(22)19(25-3)10-14(13)16(21)8-12-4-5-18(24-2)20(23)15(12)11-21;/h4-5,9-10,16H,6-8,11H2,1-3H3,(H-,22,23);1H. The Labute approximate surface area is 159 Å². The van der Waals surface area contributed by atoms with Crippen LogP contribution in [0.4, 0.5) is 0 Å². The fourth-order valence-corrected chi connectivity index (χ4v) is 4.46. The fraction of sp³-hybridized carbons (Fsp3) is 0.400. The second-order valence-electron chi connectivity index (χ2n) is 7.31. The van der Waals surface area contributed by atoms with Gasteiger partial charge in [-0.15, -0.1) is 0 Å². The van der Waals surface area contributed by atoms with Gasteiger partial charge in [-0.2, -0.15) is 0 Å². The molecule has 0 bridgehead atoms. The van der Waals surface area contributed by atoms with Crippen molar-refractivity contribution in [2.45, 2.75) is 25.4 Å². The number of ether oxygens (including phenoxy) is 2. The summed E-state index contributed by atoms with van der Waals surface area (Å²) in [6.45, 7) is 1.74. The molecular formula is C20H24ClNO4. The minimum Gasteiger partial charge on any atom is -1.00 e. The Morgan fingerprint density at radius 3 is 2.46 bits per heavy atom. The van der Waals surface area contributed by atoms with Crippen LogP contribution in [0.1, 0.15) is 28.3 Å². The molecule has 2 aromatic rings. The van der Waals surface area contributed by atoms with E-state index in [0.717, 1.165) is 36.0 Å². The van der Waals surface area contributed by atoms with Gasteiger partial charge in [0.25, 0.3) is 0 Å². The predicted molar refractivity (Wildman–Crippen MR) is 94.2 cm³/mol. The Morgan fingerprint density at radius 2 is 1.77 bits per heavy atom. The second-order valence-corrected chi connectivity index (χ2v) is 7.31. The zero-order valence-corrected chi connectivity index (χ0v) is 16.0. The molecule has 2 aromatic carbocycles. The molecule has 0 saturated heterocycles. The van der Waals surface area contributed by atoms with Crippen LogP contribution in [-0.2, 0) is 19.4 Å². The van der Waals surface area contributed by atoms with E-state index in [9.17, 15) is 10.2 Å². The van der Waals surface area contributed by atoms with Crippen molar-refractivity contribution in [3.8, 4) is 23.0 Å². The number of methoxy groups -OCH3 is 2. The molecule has 5 nitrogen and oxygen atoms in total. The molecule has 2 atom stereocenters. The van der Waals surface area contributed by atoms with E-state index in [1.807, 2.05) is 18.2 Å². The highest BCUT2D eigenvalue weighted by atomic mass is 35.5. The molecule has 4 rings (SSSR count). The van der Waals surface area contributed by atoms with Gasteiger partial charge in [0, 0.05) is 18.4 Å². The summed E-state index contributed by atoms with van der Waals surface area (Å²) in [7, 11) is 5.41. The molecule has 0 spiro atoms. The third kappa shape index (κ3) is 2.66. The molecule has 2 aliphatic heterocycles. The maximum Gasteiger partial charge on any atom is 0.166 e. The third-order valence-corrected chi connectivity index (χ3v) is 5.94. The van der Waals surface area contributed by atoms with Gasteiger partial charge in [-0.25, -0.2) is 0 Å². The Morgan fingerprint density at radius 1 is 1.04 bits per heavy atom. The van der Waals surface area contributed by atoms with E-state index in [0.29, 0.717) is 17.5 Å². The number of fused-ring (bicyclic) bond motifs is 4. The van der Waals surface area contributed by atoms with Gasteiger partial charge < -0.3 is 36.6 Å². The van der Waals surface area contributed by atoms with Crippen molar-refractivity contribution in [1.29, 1.82) is 0 Å². The lowest BCUT2D eigenvalue weighted by molar-refractivity contribution is -0.956. The first-order valence-corrected chi connectivity index (χ1v) is 8.58. The highest BCUT2D eigenvalue weighted by Gasteiger charge is 2.44. The molecule has 0 fully saturated rings. The van der Waals surface area contributed by atoms with Crippen molar-refractivity contribution < 1.29 is 36.6 Å². The van der Waals surface area contributed by atoms with Crippen molar-refractivity contribution >= 4 is 0 Å². The zero-order valence-electron chi connectivity index (χ0n) is 15.3. The molecule has 0 aliphatic carbocycles. The molecule has 26 heavy (non-hydrogen) atoms. The smallest absolute Gasteiger partial charge is 0.166 e. The van der Waals surface area contributed by atoms with Gasteiger partial charge in [-0.05, 0) is 29.3 Å². The molecule has 0 saturated carbocycles. The Balaban J connectivity index is 0.00000196. The monoisotopic (exact) mass is 377 g/mol. The number of rotatable bonds is 2. The van der Waals surface area contributed by atoms with E-state index < -0.39 is 0 Å². The SMILES string of the molecule is COc1cc2c(cc1O)CC[N+]1(C)Cc3c(ccc(OC)c3O)CC21.[Cl-]. The number of aromatic hydroxyl groups is 2. The van der Waals surface area contributed by atoms with Gasteiger partial charge in [0.15, 0.2) is 23.0 Å². The average Bonchev–Trinajstić information content (AvgIpc) is 2.60. The number of halogens is 1. The topological polar surface area (TPSA) is 58.9 Å². The van der Waals surface area contributed by atoms with Crippen LogP contribution in [0.2, 0.25) is 0 Å². The molecule has 0 amide bonds. The van der Waals surface area contributed by atoms with E-state index in [-0.39, 0.29) is 23.9 Å². The molecule has 2 N–H and O–H groups in total. The lowest BCUT2D eigenvalue weighted by atomic mass is 9.81. The molecule has 2 unspecified atom stereocenters. The largest absolute Gasteiger partial charge is 1.00 e. The first kappa shape index (κ1) is 18.7. The van der Waals surface area contributed by atoms with Gasteiger partial charge in [0.1, 0.15) is 12.6 Å². The number of hydrogen-bond acceptors (Lipinski definition) is 4. The van der Waals surface area contributed by atoms with Crippen LogP contribution in [0.25, 0.3) is 0 Å². The summed E-state index contributed by atoms with van der Waals surface area (Å²) in [5, 5.41) is 20.7. The maximum absolute atomic E-state index is 10.6. The maximum atomic E-state index is 10.6. The lowest BCUT2D eigenvalue weighted by Gasteiger charge is -2.49. The minimum absolute atomic E-state index is 0. The van der Waals surface area contributed by atoms with E-state index in [1.54, 1.807) is 14.2 Å². The first-order chi connectivity index (χ1) is 12.0. The van der Waals surface area contributed by atoms with Gasteiger partial charge in [0.2, 0.25) is 0 Å². The van der Waals surface area contributed by atoms with Crippen LogP contribution in [0, 0.1) is 0 Å². The Bertz CT molecular complexity index is 854. The molecule has 140 valence electrons. The van der Waals surface area contributed by atoms with Crippen LogP contribution in [0.3, 0.4) is 0 Å². The van der Waals surface area contributed by atoms with Crippen LogP contribution >= 0.6 is 0 Å². The van der Waals surface area contributed by atoms with E-state index >= 15 is 0 Å². The summed E-state index contributed by atoms with van der Waals surface area (Å²) in [4.78, 5) is 0. The predicted octanol–water partition coefficient (Wildman–Crippen LogP) is -0.0809. The van der Waals surface area contributed by atoms with Gasteiger partial charge in [0.05, 0.1) is 33.4 Å². The number of nitrogens with zero attached hydrogens (tertiary/aromatic N) is 1. The summed E-state index contributed by atoms with van der Waals surface area (Å²) >= 11 is 0.